The number of anilines is 1. The number of benzene rings is 1. The van der Waals surface area contributed by atoms with Crippen LogP contribution in [0.4, 0.5) is 5.69 Å². The second-order valence-electron chi connectivity index (χ2n) is 8.60. The van der Waals surface area contributed by atoms with Crippen LogP contribution in [0.25, 0.3) is 33.4 Å². The molecule has 5 rings (SSSR count). The first-order valence-electron chi connectivity index (χ1n) is 11.4. The number of hydrogen-bond acceptors (Lipinski definition) is 5. The highest BCUT2D eigenvalue weighted by molar-refractivity contribution is 5.95. The normalized spacial score (nSPS) is 14.2. The molecular weight excluding hydrogens is 408 g/mol. The maximum atomic E-state index is 4.50. The van der Waals surface area contributed by atoms with E-state index in [1.165, 1.54) is 32.1 Å². The lowest BCUT2D eigenvalue weighted by Crippen LogP contribution is -2.29. The summed E-state index contributed by atoms with van der Waals surface area (Å²) >= 11 is 0. The van der Waals surface area contributed by atoms with Crippen LogP contribution in [0.1, 0.15) is 43.4 Å². The van der Waals surface area contributed by atoms with Crippen molar-refractivity contribution in [3.05, 3.63) is 85.6 Å². The van der Waals surface area contributed by atoms with Gasteiger partial charge in [-0.2, -0.15) is 5.10 Å². The highest BCUT2D eigenvalue weighted by Crippen LogP contribution is 2.29. The molecule has 0 bridgehead atoms. The number of H-pyrrole nitrogens is 1. The van der Waals surface area contributed by atoms with Gasteiger partial charge in [0, 0.05) is 46.8 Å². The van der Waals surface area contributed by atoms with E-state index in [2.05, 4.69) is 62.2 Å². The van der Waals surface area contributed by atoms with Gasteiger partial charge in [-0.1, -0.05) is 38.5 Å². The number of hydrogen-bond donors (Lipinski definition) is 3. The van der Waals surface area contributed by atoms with Crippen molar-refractivity contribution in [2.45, 2.75) is 38.1 Å². The third-order valence-electron chi connectivity index (χ3n) is 6.21. The van der Waals surface area contributed by atoms with Crippen molar-refractivity contribution in [2.75, 3.05) is 5.32 Å². The van der Waals surface area contributed by atoms with E-state index in [1.807, 2.05) is 30.6 Å². The quantitative estimate of drug-likeness (QED) is 0.331. The molecule has 1 fully saturated rings. The molecule has 6 nitrogen and oxygen atoms in total. The third-order valence-corrected chi connectivity index (χ3v) is 6.21. The van der Waals surface area contributed by atoms with Crippen molar-refractivity contribution in [1.29, 1.82) is 0 Å². The molecule has 1 aliphatic carbocycles. The van der Waals surface area contributed by atoms with Gasteiger partial charge >= 0.3 is 0 Å². The maximum absolute atomic E-state index is 4.50. The third kappa shape index (κ3) is 4.65. The number of fused-ring (bicyclic) bond motifs is 1. The summed E-state index contributed by atoms with van der Waals surface area (Å²) in [5.74, 6) is 0. The fourth-order valence-corrected chi connectivity index (χ4v) is 4.43. The van der Waals surface area contributed by atoms with Gasteiger partial charge in [0.25, 0.3) is 0 Å². The lowest BCUT2D eigenvalue weighted by molar-refractivity contribution is 0.409. The van der Waals surface area contributed by atoms with E-state index >= 15 is 0 Å². The second-order valence-corrected chi connectivity index (χ2v) is 8.60. The molecular formula is C27H28N6. The number of pyridine rings is 2. The summed E-state index contributed by atoms with van der Waals surface area (Å²) in [6.45, 7) is 8.47. The van der Waals surface area contributed by atoms with Crippen molar-refractivity contribution >= 4 is 28.0 Å². The molecule has 0 atom stereocenters. The maximum Gasteiger partial charge on any atom is 0.116 e. The van der Waals surface area contributed by atoms with E-state index in [0.717, 1.165) is 44.7 Å². The van der Waals surface area contributed by atoms with Crippen LogP contribution in [0.15, 0.2) is 74.3 Å². The minimum atomic E-state index is 0.512. The van der Waals surface area contributed by atoms with Gasteiger partial charge in [-0.15, -0.1) is 0 Å². The summed E-state index contributed by atoms with van der Waals surface area (Å²) in [5.41, 5.74) is 7.39. The molecule has 3 N–H and O–H groups in total. The molecule has 4 aromatic rings. The highest BCUT2D eigenvalue weighted by Gasteiger charge is 2.15. The molecule has 33 heavy (non-hydrogen) atoms. The zero-order chi connectivity index (χ0) is 22.6. The Morgan fingerprint density at radius 3 is 2.61 bits per heavy atom. The first kappa shape index (κ1) is 20.9. The Labute approximate surface area is 193 Å². The lowest BCUT2D eigenvalue weighted by atomic mass is 9.95. The van der Waals surface area contributed by atoms with Crippen LogP contribution in [0, 0.1) is 0 Å². The number of aromatic nitrogens is 4. The average Bonchev–Trinajstić information content (AvgIpc) is 3.29. The summed E-state index contributed by atoms with van der Waals surface area (Å²) < 4.78 is 0. The average molecular weight is 437 g/mol. The first-order chi connectivity index (χ1) is 16.2. The number of aromatic amines is 1. The zero-order valence-corrected chi connectivity index (χ0v) is 18.6. The van der Waals surface area contributed by atoms with Crippen LogP contribution in [0.3, 0.4) is 0 Å². The van der Waals surface area contributed by atoms with Gasteiger partial charge in [0.15, 0.2) is 0 Å². The predicted octanol–water partition coefficient (Wildman–Crippen LogP) is 6.00. The van der Waals surface area contributed by atoms with E-state index in [9.17, 15) is 0 Å². The Hall–Kier alpha value is -3.93. The molecule has 166 valence electrons. The second kappa shape index (κ2) is 9.28. The molecule has 0 unspecified atom stereocenters. The summed E-state index contributed by atoms with van der Waals surface area (Å²) in [6, 6.07) is 12.7. The van der Waals surface area contributed by atoms with E-state index in [0.29, 0.717) is 11.7 Å². The van der Waals surface area contributed by atoms with Gasteiger partial charge < -0.3 is 10.6 Å². The largest absolute Gasteiger partial charge is 0.382 e. The summed E-state index contributed by atoms with van der Waals surface area (Å²) in [7, 11) is 0. The number of nitrogens with one attached hydrogen (secondary N) is 3. The van der Waals surface area contributed by atoms with Crippen LogP contribution < -0.4 is 10.6 Å². The fraction of sp³-hybridized carbons (Fsp3) is 0.222. The Balaban J connectivity index is 1.39. The first-order valence-corrected chi connectivity index (χ1v) is 11.4. The van der Waals surface area contributed by atoms with Crippen LogP contribution in [-0.2, 0) is 0 Å². The Kier molecular flexibility index (Phi) is 5.89. The summed E-state index contributed by atoms with van der Waals surface area (Å²) in [6.07, 6.45) is 13.6. The van der Waals surface area contributed by atoms with Gasteiger partial charge in [-0.25, -0.2) is 0 Å². The fourth-order valence-electron chi connectivity index (χ4n) is 4.43. The van der Waals surface area contributed by atoms with Gasteiger partial charge in [0.05, 0.1) is 23.1 Å². The van der Waals surface area contributed by atoms with Crippen molar-refractivity contribution < 1.29 is 0 Å². The lowest BCUT2D eigenvalue weighted by Gasteiger charge is -2.25. The molecule has 1 aromatic carbocycles. The van der Waals surface area contributed by atoms with Crippen LogP contribution in [0.2, 0.25) is 0 Å². The monoisotopic (exact) mass is 436 g/mol. The molecule has 0 radical (unpaired) electrons. The topological polar surface area (TPSA) is 78.5 Å². The number of nitrogens with zero attached hydrogens (tertiary/aromatic N) is 3. The van der Waals surface area contributed by atoms with Crippen LogP contribution in [-0.4, -0.2) is 26.2 Å². The van der Waals surface area contributed by atoms with E-state index in [4.69, 9.17) is 0 Å². The highest BCUT2D eigenvalue weighted by atomic mass is 15.1. The van der Waals surface area contributed by atoms with Crippen molar-refractivity contribution in [3.63, 3.8) is 0 Å². The molecule has 1 saturated carbocycles. The molecule has 0 spiro atoms. The van der Waals surface area contributed by atoms with Crippen LogP contribution >= 0.6 is 0 Å². The van der Waals surface area contributed by atoms with Gasteiger partial charge in [-0.05, 0) is 48.7 Å². The molecule has 0 aliphatic heterocycles. The zero-order valence-electron chi connectivity index (χ0n) is 18.6. The Morgan fingerprint density at radius 1 is 0.909 bits per heavy atom. The van der Waals surface area contributed by atoms with Crippen molar-refractivity contribution in [2.24, 2.45) is 0 Å². The standard InChI is InChI=1S/C27H28N6/c1-18(30-23-7-4-3-5-8-23)21-13-22(16-29-15-21)20-10-11-26-25(14-20)27(33-32-26)19(2)31-24-9-6-12-28-17-24/h6,9-17,23,30-31H,1-5,7-8H2,(H,32,33). The van der Waals surface area contributed by atoms with Crippen LogP contribution in [0.5, 0.6) is 0 Å². The minimum absolute atomic E-state index is 0.512. The minimum Gasteiger partial charge on any atom is -0.382 e. The van der Waals surface area contributed by atoms with E-state index < -0.39 is 0 Å². The summed E-state index contributed by atoms with van der Waals surface area (Å²) in [5, 5.41) is 15.5. The van der Waals surface area contributed by atoms with Gasteiger partial charge in [-0.3, -0.25) is 15.1 Å². The summed E-state index contributed by atoms with van der Waals surface area (Å²) in [4.78, 5) is 8.64. The Bertz CT molecular complexity index is 1280. The smallest absolute Gasteiger partial charge is 0.116 e. The van der Waals surface area contributed by atoms with Crippen molar-refractivity contribution in [3.8, 4) is 11.1 Å². The van der Waals surface area contributed by atoms with E-state index in [-0.39, 0.29) is 0 Å². The molecule has 3 aromatic heterocycles. The predicted molar refractivity (Wildman–Crippen MR) is 135 cm³/mol. The van der Waals surface area contributed by atoms with Gasteiger partial charge in [0.2, 0.25) is 0 Å². The number of rotatable bonds is 7. The van der Waals surface area contributed by atoms with E-state index in [1.54, 1.807) is 12.4 Å². The van der Waals surface area contributed by atoms with Gasteiger partial charge in [0.1, 0.15) is 5.69 Å². The SMILES string of the molecule is C=C(NC1CCCCC1)c1cncc(-c2ccc3[nH]nc(C(=C)Nc4cccnc4)c3c2)c1. The molecule has 3 heterocycles. The molecule has 6 heteroatoms. The molecule has 0 saturated heterocycles. The van der Waals surface area contributed by atoms with Crippen molar-refractivity contribution in [1.82, 2.24) is 25.5 Å². The molecule has 0 amide bonds. The molecule has 1 aliphatic rings. The Morgan fingerprint density at radius 2 is 1.79 bits per heavy atom.